The zero-order chi connectivity index (χ0) is 23.0. The van der Waals surface area contributed by atoms with E-state index in [0.717, 1.165) is 23.4 Å². The quantitative estimate of drug-likeness (QED) is 0.247. The van der Waals surface area contributed by atoms with Crippen LogP contribution in [0.5, 0.6) is 0 Å². The van der Waals surface area contributed by atoms with Gasteiger partial charge in [0.25, 0.3) is 0 Å². The van der Waals surface area contributed by atoms with Crippen molar-refractivity contribution in [1.29, 1.82) is 21.6 Å². The van der Waals surface area contributed by atoms with E-state index in [1.54, 1.807) is 48.7 Å². The second kappa shape index (κ2) is 11.3. The van der Waals surface area contributed by atoms with Crippen molar-refractivity contribution in [3.63, 3.8) is 0 Å². The highest BCUT2D eigenvalue weighted by Crippen LogP contribution is 2.20. The zero-order valence-corrected chi connectivity index (χ0v) is 19.6. The van der Waals surface area contributed by atoms with Gasteiger partial charge in [-0.2, -0.15) is 0 Å². The SMILES string of the molecule is CN(CCc1cc(NC(=N)N(C)C(=N)NCCc2cccs2)cs1)C(=N)N(C)C(=N)N. The highest BCUT2D eigenvalue weighted by molar-refractivity contribution is 7.10. The molecule has 2 aromatic rings. The molecular weight excluding hydrogens is 432 g/mol. The summed E-state index contributed by atoms with van der Waals surface area (Å²) in [7, 11) is 5.05. The lowest BCUT2D eigenvalue weighted by Gasteiger charge is -2.26. The molecule has 0 aliphatic rings. The fourth-order valence-electron chi connectivity index (χ4n) is 2.54. The molecule has 0 aromatic carbocycles. The molecule has 12 heteroatoms. The predicted octanol–water partition coefficient (Wildman–Crippen LogP) is 2.09. The Morgan fingerprint density at radius 3 is 2.39 bits per heavy atom. The molecule has 0 bridgehead atoms. The maximum absolute atomic E-state index is 8.23. The molecule has 0 aliphatic carbocycles. The molecule has 0 unspecified atom stereocenters. The third kappa shape index (κ3) is 7.26. The van der Waals surface area contributed by atoms with Crippen LogP contribution in [0.1, 0.15) is 9.75 Å². The summed E-state index contributed by atoms with van der Waals surface area (Å²) in [5.41, 5.74) is 6.21. The van der Waals surface area contributed by atoms with Gasteiger partial charge in [0.05, 0.1) is 5.69 Å². The van der Waals surface area contributed by atoms with Crippen molar-refractivity contribution in [3.05, 3.63) is 38.7 Å². The third-order valence-electron chi connectivity index (χ3n) is 4.57. The first-order valence-corrected chi connectivity index (χ1v) is 11.3. The fraction of sp³-hybridized carbons (Fsp3) is 0.368. The number of thiophene rings is 2. The van der Waals surface area contributed by atoms with Crippen molar-refractivity contribution in [2.24, 2.45) is 5.73 Å². The molecule has 2 aromatic heterocycles. The molecule has 168 valence electrons. The highest BCUT2D eigenvalue weighted by Gasteiger charge is 2.14. The minimum absolute atomic E-state index is 0.111. The third-order valence-corrected chi connectivity index (χ3v) is 6.50. The Morgan fingerprint density at radius 1 is 1.00 bits per heavy atom. The van der Waals surface area contributed by atoms with Gasteiger partial charge in [-0.25, -0.2) is 0 Å². The van der Waals surface area contributed by atoms with E-state index in [0.29, 0.717) is 13.1 Å². The fourth-order valence-corrected chi connectivity index (χ4v) is 4.06. The van der Waals surface area contributed by atoms with E-state index >= 15 is 0 Å². The Balaban J connectivity index is 1.77. The first-order chi connectivity index (χ1) is 14.7. The van der Waals surface area contributed by atoms with Gasteiger partial charge in [-0.05, 0) is 30.4 Å². The summed E-state index contributed by atoms with van der Waals surface area (Å²) in [5, 5.41) is 41.8. The number of rotatable bonds is 7. The number of likely N-dealkylation sites (N-methyl/N-ethyl adjacent to an activating group) is 1. The van der Waals surface area contributed by atoms with Crippen LogP contribution in [0.25, 0.3) is 0 Å². The molecule has 0 spiro atoms. The van der Waals surface area contributed by atoms with Crippen LogP contribution >= 0.6 is 22.7 Å². The summed E-state index contributed by atoms with van der Waals surface area (Å²) in [6.07, 6.45) is 1.57. The Morgan fingerprint density at radius 2 is 1.74 bits per heavy atom. The molecule has 0 amide bonds. The van der Waals surface area contributed by atoms with Crippen molar-refractivity contribution >= 4 is 52.2 Å². The van der Waals surface area contributed by atoms with Crippen LogP contribution in [0.3, 0.4) is 0 Å². The van der Waals surface area contributed by atoms with E-state index in [1.807, 2.05) is 22.9 Å². The predicted molar refractivity (Wildman–Crippen MR) is 131 cm³/mol. The van der Waals surface area contributed by atoms with E-state index in [4.69, 9.17) is 27.4 Å². The summed E-state index contributed by atoms with van der Waals surface area (Å²) in [4.78, 5) is 6.86. The van der Waals surface area contributed by atoms with Crippen molar-refractivity contribution in [1.82, 2.24) is 20.0 Å². The van der Waals surface area contributed by atoms with Crippen molar-refractivity contribution in [2.45, 2.75) is 12.8 Å². The average Bonchev–Trinajstić information content (AvgIpc) is 3.42. The smallest absolute Gasteiger partial charge is 0.202 e. The maximum atomic E-state index is 8.23. The van der Waals surface area contributed by atoms with Crippen molar-refractivity contribution < 1.29 is 0 Å². The van der Waals surface area contributed by atoms with Gasteiger partial charge in [0, 0.05) is 49.4 Å². The van der Waals surface area contributed by atoms with Gasteiger partial charge in [0.15, 0.2) is 17.9 Å². The van der Waals surface area contributed by atoms with Crippen LogP contribution in [0, 0.1) is 21.6 Å². The molecule has 0 saturated heterocycles. The van der Waals surface area contributed by atoms with Gasteiger partial charge in [-0.3, -0.25) is 31.4 Å². The van der Waals surface area contributed by atoms with Gasteiger partial charge in [-0.15, -0.1) is 22.7 Å². The van der Waals surface area contributed by atoms with Crippen LogP contribution < -0.4 is 16.4 Å². The Hall–Kier alpha value is -3.12. The number of hydrogen-bond donors (Lipinski definition) is 7. The van der Waals surface area contributed by atoms with E-state index in [1.165, 1.54) is 14.7 Å². The summed E-state index contributed by atoms with van der Waals surface area (Å²) in [6.45, 7) is 1.24. The van der Waals surface area contributed by atoms with Gasteiger partial charge in [-0.1, -0.05) is 6.07 Å². The minimum Gasteiger partial charge on any atom is -0.370 e. The van der Waals surface area contributed by atoms with Gasteiger partial charge >= 0.3 is 0 Å². The molecule has 0 saturated carbocycles. The summed E-state index contributed by atoms with van der Waals surface area (Å²) >= 11 is 3.26. The Bertz CT molecular complexity index is 905. The molecule has 0 atom stereocenters. The van der Waals surface area contributed by atoms with E-state index < -0.39 is 0 Å². The molecular formula is C19H30N10S2. The monoisotopic (exact) mass is 462 g/mol. The number of guanidine groups is 4. The molecule has 31 heavy (non-hydrogen) atoms. The molecule has 2 rings (SSSR count). The topological polar surface area (TPSA) is 155 Å². The lowest BCUT2D eigenvalue weighted by molar-refractivity contribution is 0.450. The van der Waals surface area contributed by atoms with Crippen molar-refractivity contribution in [2.75, 3.05) is 39.5 Å². The van der Waals surface area contributed by atoms with Crippen LogP contribution in [0.15, 0.2) is 29.0 Å². The second-order valence-corrected chi connectivity index (χ2v) is 8.91. The normalized spacial score (nSPS) is 10.3. The highest BCUT2D eigenvalue weighted by atomic mass is 32.1. The number of hydrogen-bond acceptors (Lipinski definition) is 6. The van der Waals surface area contributed by atoms with E-state index in [2.05, 4.69) is 16.7 Å². The number of nitrogens with zero attached hydrogens (tertiary/aromatic N) is 3. The van der Waals surface area contributed by atoms with E-state index in [9.17, 15) is 0 Å². The zero-order valence-electron chi connectivity index (χ0n) is 18.0. The van der Waals surface area contributed by atoms with Crippen LogP contribution in [-0.2, 0) is 12.8 Å². The molecule has 10 nitrogen and oxygen atoms in total. The summed E-state index contributed by atoms with van der Waals surface area (Å²) < 4.78 is 0. The standard InChI is InChI=1S/C19H30N10S2/c1-27(19(24)28(2)16(20)21)9-7-15-11-13(12-31-15)26-18(23)29(3)17(22)25-8-6-14-5-4-10-30-14/h4-5,10-12,24H,6-9H2,1-3H3,(H3,20,21)(H2,22,25)(H2,23,26). The van der Waals surface area contributed by atoms with Gasteiger partial charge in [0.1, 0.15) is 0 Å². The maximum Gasteiger partial charge on any atom is 0.202 e. The average molecular weight is 463 g/mol. The largest absolute Gasteiger partial charge is 0.370 e. The lowest BCUT2D eigenvalue weighted by atomic mass is 10.3. The van der Waals surface area contributed by atoms with Crippen molar-refractivity contribution in [3.8, 4) is 0 Å². The first-order valence-electron chi connectivity index (χ1n) is 9.58. The Labute approximate surface area is 190 Å². The number of anilines is 1. The molecule has 0 aliphatic heterocycles. The van der Waals surface area contributed by atoms with Crippen LogP contribution in [0.4, 0.5) is 5.69 Å². The van der Waals surface area contributed by atoms with Crippen LogP contribution in [-0.4, -0.2) is 72.8 Å². The lowest BCUT2D eigenvalue weighted by Crippen LogP contribution is -2.46. The number of nitrogens with one attached hydrogen (secondary N) is 6. The number of nitrogens with two attached hydrogens (primary N) is 1. The molecule has 0 radical (unpaired) electrons. The minimum atomic E-state index is -0.173. The second-order valence-electron chi connectivity index (χ2n) is 6.88. The summed E-state index contributed by atoms with van der Waals surface area (Å²) in [6, 6.07) is 6.05. The van der Waals surface area contributed by atoms with Crippen LogP contribution in [0.2, 0.25) is 0 Å². The van der Waals surface area contributed by atoms with Gasteiger partial charge < -0.3 is 21.3 Å². The summed E-state index contributed by atoms with van der Waals surface area (Å²) in [5.74, 6) is 0.267. The molecule has 0 fully saturated rings. The molecule has 2 heterocycles. The van der Waals surface area contributed by atoms with Gasteiger partial charge in [0.2, 0.25) is 5.96 Å². The van der Waals surface area contributed by atoms with E-state index in [-0.39, 0.29) is 23.8 Å². The Kier molecular flexibility index (Phi) is 8.82. The molecule has 8 N–H and O–H groups in total. The first kappa shape index (κ1) is 24.2.